The second-order valence-electron chi connectivity index (χ2n) is 5.76. The van der Waals surface area contributed by atoms with Crippen molar-refractivity contribution < 1.29 is 14.6 Å². The van der Waals surface area contributed by atoms with Crippen LogP contribution in [0.1, 0.15) is 32.1 Å². The molecule has 0 bridgehead atoms. The van der Waals surface area contributed by atoms with Crippen LogP contribution in [0.4, 0.5) is 0 Å². The summed E-state index contributed by atoms with van der Waals surface area (Å²) in [6, 6.07) is 9.56. The van der Waals surface area contributed by atoms with E-state index in [-0.39, 0.29) is 11.9 Å². The molecule has 1 aliphatic heterocycles. The molecule has 1 aromatic carbocycles. The average Bonchev–Trinajstić information content (AvgIpc) is 3.03. The molecule has 1 amide bonds. The number of nitrogens with zero attached hydrogens (tertiary/aromatic N) is 1. The Labute approximate surface area is 119 Å². The Bertz CT molecular complexity index is 470. The number of benzene rings is 1. The molecule has 1 atom stereocenters. The molecule has 4 heteroatoms. The summed E-state index contributed by atoms with van der Waals surface area (Å²) >= 11 is 0. The summed E-state index contributed by atoms with van der Waals surface area (Å²) in [5.41, 5.74) is -0.591. The highest BCUT2D eigenvalue weighted by Crippen LogP contribution is 2.44. The third-order valence-corrected chi connectivity index (χ3v) is 4.28. The zero-order valence-electron chi connectivity index (χ0n) is 11.6. The third-order valence-electron chi connectivity index (χ3n) is 4.28. The zero-order valence-corrected chi connectivity index (χ0v) is 11.6. The fourth-order valence-corrected chi connectivity index (χ4v) is 3.00. The molecule has 1 aromatic rings. The molecular weight excluding hydrogens is 254 g/mol. The Balaban J connectivity index is 1.49. The first kappa shape index (κ1) is 13.4. The minimum atomic E-state index is -0.591. The summed E-state index contributed by atoms with van der Waals surface area (Å²) < 4.78 is 5.56. The SMILES string of the molecule is O=C(CCOc1ccccc1)N1CCCC1C1(O)CC1. The number of amides is 1. The first-order valence-corrected chi connectivity index (χ1v) is 7.39. The van der Waals surface area contributed by atoms with E-state index >= 15 is 0 Å². The molecule has 2 fully saturated rings. The Kier molecular flexibility index (Phi) is 3.66. The number of carbonyl (C=O) groups excluding carboxylic acids is 1. The standard InChI is InChI=1S/C16H21NO3/c18-15(8-12-20-13-5-2-1-3-6-13)17-11-4-7-14(17)16(19)9-10-16/h1-3,5-6,14,19H,4,7-12H2. The van der Waals surface area contributed by atoms with Gasteiger partial charge >= 0.3 is 0 Å². The monoisotopic (exact) mass is 275 g/mol. The van der Waals surface area contributed by atoms with E-state index in [1.807, 2.05) is 35.2 Å². The van der Waals surface area contributed by atoms with Crippen molar-refractivity contribution in [1.82, 2.24) is 4.90 Å². The summed E-state index contributed by atoms with van der Waals surface area (Å²) in [6.07, 6.45) is 3.98. The van der Waals surface area contributed by atoms with Crippen LogP contribution in [0.25, 0.3) is 0 Å². The highest BCUT2D eigenvalue weighted by atomic mass is 16.5. The summed E-state index contributed by atoms with van der Waals surface area (Å²) in [5, 5.41) is 10.2. The van der Waals surface area contributed by atoms with Crippen molar-refractivity contribution in [3.63, 3.8) is 0 Å². The summed E-state index contributed by atoms with van der Waals surface area (Å²) in [7, 11) is 0. The van der Waals surface area contributed by atoms with Crippen LogP contribution in [-0.4, -0.2) is 40.7 Å². The van der Waals surface area contributed by atoms with Crippen LogP contribution in [0.2, 0.25) is 0 Å². The number of rotatable bonds is 5. The predicted octanol–water partition coefficient (Wildman–Crippen LogP) is 1.97. The lowest BCUT2D eigenvalue weighted by Crippen LogP contribution is -2.44. The van der Waals surface area contributed by atoms with Gasteiger partial charge in [-0.2, -0.15) is 0 Å². The molecule has 1 saturated carbocycles. The topological polar surface area (TPSA) is 49.8 Å². The molecule has 0 spiro atoms. The van der Waals surface area contributed by atoms with E-state index in [2.05, 4.69) is 0 Å². The summed E-state index contributed by atoms with van der Waals surface area (Å²) in [4.78, 5) is 14.1. The average molecular weight is 275 g/mol. The van der Waals surface area contributed by atoms with Gasteiger partial charge in [0.25, 0.3) is 0 Å². The molecule has 1 aliphatic carbocycles. The molecule has 20 heavy (non-hydrogen) atoms. The fraction of sp³-hybridized carbons (Fsp3) is 0.562. The minimum Gasteiger partial charge on any atom is -0.493 e. The van der Waals surface area contributed by atoms with Crippen LogP contribution < -0.4 is 4.74 Å². The van der Waals surface area contributed by atoms with Crippen molar-refractivity contribution in [1.29, 1.82) is 0 Å². The number of aliphatic hydroxyl groups is 1. The van der Waals surface area contributed by atoms with Crippen molar-refractivity contribution >= 4 is 5.91 Å². The van der Waals surface area contributed by atoms with E-state index in [0.717, 1.165) is 38.0 Å². The van der Waals surface area contributed by atoms with Crippen LogP contribution >= 0.6 is 0 Å². The van der Waals surface area contributed by atoms with Crippen LogP contribution in [0, 0.1) is 0 Å². The molecule has 1 unspecified atom stereocenters. The number of ether oxygens (including phenoxy) is 1. The lowest BCUT2D eigenvalue weighted by molar-refractivity contribution is -0.135. The van der Waals surface area contributed by atoms with Gasteiger partial charge in [0, 0.05) is 6.54 Å². The molecule has 3 rings (SSSR count). The number of likely N-dealkylation sites (tertiary alicyclic amines) is 1. The normalized spacial score (nSPS) is 23.6. The maximum absolute atomic E-state index is 12.3. The van der Waals surface area contributed by atoms with Gasteiger partial charge in [-0.25, -0.2) is 0 Å². The van der Waals surface area contributed by atoms with Gasteiger partial charge in [-0.15, -0.1) is 0 Å². The Morgan fingerprint density at radius 2 is 2.10 bits per heavy atom. The van der Waals surface area contributed by atoms with Gasteiger partial charge in [0.15, 0.2) is 0 Å². The number of carbonyl (C=O) groups is 1. The zero-order chi connectivity index (χ0) is 14.0. The lowest BCUT2D eigenvalue weighted by Gasteiger charge is -2.28. The largest absolute Gasteiger partial charge is 0.493 e. The molecular formula is C16H21NO3. The second-order valence-corrected chi connectivity index (χ2v) is 5.76. The van der Waals surface area contributed by atoms with Crippen LogP contribution in [0.3, 0.4) is 0 Å². The maximum Gasteiger partial charge on any atom is 0.226 e. The Hall–Kier alpha value is -1.55. The van der Waals surface area contributed by atoms with E-state index in [9.17, 15) is 9.90 Å². The summed E-state index contributed by atoms with van der Waals surface area (Å²) in [5.74, 6) is 0.892. The molecule has 4 nitrogen and oxygen atoms in total. The van der Waals surface area contributed by atoms with E-state index in [4.69, 9.17) is 4.74 Å². The van der Waals surface area contributed by atoms with Crippen molar-refractivity contribution in [3.8, 4) is 5.75 Å². The molecule has 108 valence electrons. The van der Waals surface area contributed by atoms with Crippen LogP contribution in [0.15, 0.2) is 30.3 Å². The van der Waals surface area contributed by atoms with Crippen molar-refractivity contribution in [2.75, 3.05) is 13.2 Å². The summed E-state index contributed by atoms with van der Waals surface area (Å²) in [6.45, 7) is 1.17. The maximum atomic E-state index is 12.3. The van der Waals surface area contributed by atoms with Crippen molar-refractivity contribution in [2.45, 2.75) is 43.7 Å². The van der Waals surface area contributed by atoms with Gasteiger partial charge in [-0.05, 0) is 37.8 Å². The van der Waals surface area contributed by atoms with E-state index in [1.165, 1.54) is 0 Å². The van der Waals surface area contributed by atoms with E-state index in [0.29, 0.717) is 13.0 Å². The highest BCUT2D eigenvalue weighted by Gasteiger charge is 2.52. The first-order valence-electron chi connectivity index (χ1n) is 7.39. The number of hydrogen-bond donors (Lipinski definition) is 1. The van der Waals surface area contributed by atoms with Crippen LogP contribution in [0.5, 0.6) is 5.75 Å². The van der Waals surface area contributed by atoms with Gasteiger partial charge in [-0.3, -0.25) is 4.79 Å². The van der Waals surface area contributed by atoms with E-state index in [1.54, 1.807) is 0 Å². The molecule has 2 aliphatic rings. The molecule has 0 aromatic heterocycles. The van der Waals surface area contributed by atoms with Gasteiger partial charge in [-0.1, -0.05) is 18.2 Å². The third kappa shape index (κ3) is 2.80. The Morgan fingerprint density at radius 1 is 1.35 bits per heavy atom. The quantitative estimate of drug-likeness (QED) is 0.894. The molecule has 1 N–H and O–H groups in total. The van der Waals surface area contributed by atoms with Gasteiger partial charge < -0.3 is 14.7 Å². The van der Waals surface area contributed by atoms with Gasteiger partial charge in [0.2, 0.25) is 5.91 Å². The minimum absolute atomic E-state index is 0.0340. The number of hydrogen-bond acceptors (Lipinski definition) is 3. The highest BCUT2D eigenvalue weighted by molar-refractivity contribution is 5.77. The smallest absolute Gasteiger partial charge is 0.226 e. The second kappa shape index (κ2) is 5.44. The lowest BCUT2D eigenvalue weighted by atomic mass is 10.1. The van der Waals surface area contributed by atoms with Crippen molar-refractivity contribution in [3.05, 3.63) is 30.3 Å². The van der Waals surface area contributed by atoms with E-state index < -0.39 is 5.60 Å². The van der Waals surface area contributed by atoms with Crippen LogP contribution in [-0.2, 0) is 4.79 Å². The van der Waals surface area contributed by atoms with Gasteiger partial charge in [0.1, 0.15) is 5.75 Å². The molecule has 0 radical (unpaired) electrons. The predicted molar refractivity (Wildman–Crippen MR) is 75.5 cm³/mol. The first-order chi connectivity index (χ1) is 9.69. The number of para-hydroxylation sites is 1. The molecule has 1 heterocycles. The van der Waals surface area contributed by atoms with Gasteiger partial charge in [0.05, 0.1) is 24.7 Å². The van der Waals surface area contributed by atoms with Crippen molar-refractivity contribution in [2.24, 2.45) is 0 Å². The fourth-order valence-electron chi connectivity index (χ4n) is 3.00. The molecule has 1 saturated heterocycles. The Morgan fingerprint density at radius 3 is 2.80 bits per heavy atom.